The third-order valence-corrected chi connectivity index (χ3v) is 17.1. The molecule has 4 aromatic heterocycles. The summed E-state index contributed by atoms with van der Waals surface area (Å²) in [5, 5.41) is 2.08. The van der Waals surface area contributed by atoms with Gasteiger partial charge in [-0.3, -0.25) is 4.98 Å². The minimum Gasteiger partial charge on any atom is 0 e. The summed E-state index contributed by atoms with van der Waals surface area (Å²) in [5.74, 6) is 9.32. The van der Waals surface area contributed by atoms with Gasteiger partial charge in [0.25, 0.3) is 0 Å². The van der Waals surface area contributed by atoms with Crippen LogP contribution < -0.4 is 4.40 Å². The fourth-order valence-electron chi connectivity index (χ4n) is 9.39. The van der Waals surface area contributed by atoms with Gasteiger partial charge >= 0.3 is 126 Å². The first kappa shape index (κ1) is 46.4. The van der Waals surface area contributed by atoms with Crippen LogP contribution in [0.1, 0.15) is 89.5 Å². The van der Waals surface area contributed by atoms with Crippen molar-refractivity contribution in [3.63, 3.8) is 0 Å². The van der Waals surface area contributed by atoms with Gasteiger partial charge < -0.3 is 8.98 Å². The number of furan rings is 1. The van der Waals surface area contributed by atoms with E-state index < -0.39 is 13.3 Å². The summed E-state index contributed by atoms with van der Waals surface area (Å²) >= 11 is -1.86. The maximum Gasteiger partial charge on any atom is 0 e. The van der Waals surface area contributed by atoms with Gasteiger partial charge in [-0.15, -0.1) is 18.2 Å². The van der Waals surface area contributed by atoms with Gasteiger partial charge in [-0.2, -0.15) is 0 Å². The van der Waals surface area contributed by atoms with Gasteiger partial charge in [0.2, 0.25) is 5.71 Å². The van der Waals surface area contributed by atoms with Crippen LogP contribution in [0.25, 0.3) is 72.6 Å². The first-order chi connectivity index (χ1) is 30.8. The molecule has 0 aliphatic heterocycles. The molecule has 1 aliphatic carbocycles. The zero-order chi connectivity index (χ0) is 44.6. The van der Waals surface area contributed by atoms with Crippen molar-refractivity contribution in [2.75, 3.05) is 0 Å². The van der Waals surface area contributed by atoms with Crippen molar-refractivity contribution in [1.29, 1.82) is 0 Å². The number of nitrogens with zero attached hydrogens (tertiary/aromatic N) is 4. The topological polar surface area (TPSA) is 56.7 Å². The number of hydrogen-bond acceptors (Lipinski definition) is 4. The number of para-hydroxylation sites is 2. The first-order valence-corrected chi connectivity index (χ1v) is 30.6. The van der Waals surface area contributed by atoms with Crippen LogP contribution in [0, 0.1) is 18.1 Å². The Labute approximate surface area is 401 Å². The van der Waals surface area contributed by atoms with E-state index in [2.05, 4.69) is 172 Å². The van der Waals surface area contributed by atoms with Crippen LogP contribution in [0.5, 0.6) is 0 Å². The molecule has 0 spiro atoms. The molecule has 1 fully saturated rings. The second-order valence-corrected chi connectivity index (χ2v) is 30.7. The number of pyridine rings is 2. The average Bonchev–Trinajstić information content (AvgIpc) is 3.87. The van der Waals surface area contributed by atoms with Gasteiger partial charge in [-0.25, -0.2) is 4.98 Å². The largest absolute Gasteiger partial charge is 0 e. The average molecular weight is 1090 g/mol. The molecule has 0 unspecified atom stereocenters. The molecule has 0 bridgehead atoms. The van der Waals surface area contributed by atoms with Crippen LogP contribution in [0.15, 0.2) is 138 Å². The monoisotopic (exact) mass is 1100 g/mol. The Balaban J connectivity index is 0.000000232. The minimum atomic E-state index is -1.86. The molecule has 4 heterocycles. The molecule has 5 nitrogen and oxygen atoms in total. The number of hydrogen-bond donors (Lipinski definition) is 0. The van der Waals surface area contributed by atoms with Crippen molar-refractivity contribution >= 4 is 50.8 Å². The van der Waals surface area contributed by atoms with Crippen molar-refractivity contribution in [3.8, 4) is 39.5 Å². The van der Waals surface area contributed by atoms with Crippen LogP contribution in [-0.2, 0) is 31.9 Å². The van der Waals surface area contributed by atoms with E-state index in [1.807, 2.05) is 30.3 Å². The van der Waals surface area contributed by atoms with Crippen molar-refractivity contribution < 1.29 is 24.5 Å². The zero-order valence-electron chi connectivity index (χ0n) is 39.1. The molecule has 0 amide bonds. The van der Waals surface area contributed by atoms with Crippen LogP contribution in [0.4, 0.5) is 0 Å². The maximum atomic E-state index is 6.64. The van der Waals surface area contributed by atoms with Gasteiger partial charge in [-0.1, -0.05) is 99.5 Å². The molecule has 10 rings (SSSR count). The van der Waals surface area contributed by atoms with Crippen molar-refractivity contribution in [3.05, 3.63) is 163 Å². The minimum absolute atomic E-state index is 0. The summed E-state index contributed by atoms with van der Waals surface area (Å²) in [5.41, 5.74) is 13.8. The Kier molecular flexibility index (Phi) is 13.8. The van der Waals surface area contributed by atoms with Crippen LogP contribution >= 0.6 is 0 Å². The summed E-state index contributed by atoms with van der Waals surface area (Å²) in [7, 11) is 0. The molecule has 1 saturated carbocycles. The number of fused-ring (bicyclic) bond motifs is 4. The van der Waals surface area contributed by atoms with Gasteiger partial charge in [0.05, 0.1) is 22.4 Å². The smallest absolute Gasteiger partial charge is 0 e. The zero-order valence-corrected chi connectivity index (χ0v) is 43.6. The molecule has 9 aromatic rings. The Morgan fingerprint density at radius 2 is 1.52 bits per heavy atom. The predicted molar refractivity (Wildman–Crippen MR) is 270 cm³/mol. The second kappa shape index (κ2) is 19.4. The fraction of sp³-hybridized carbons (Fsp3) is 0.293. The molecule has 333 valence electrons. The SMILES string of the molecule is CC(C)(C)c1ccc(-n2c(-c3[c-]ccc4c3oc3nc(C5CCCCC5)ccc34)nc3ccccc32)c(-c2ccccc2)c1.CC(C)Cc1cc(-c2[c-]cccc2)nc[c]1[Ge]([CH3])([CH3])[CH3].[Ir]. The van der Waals surface area contributed by atoms with E-state index in [1.54, 1.807) is 4.40 Å². The molecule has 1 aliphatic rings. The Morgan fingerprint density at radius 1 is 0.769 bits per heavy atom. The van der Waals surface area contributed by atoms with Crippen molar-refractivity contribution in [2.24, 2.45) is 5.92 Å². The third kappa shape index (κ3) is 9.87. The van der Waals surface area contributed by atoms with E-state index in [0.717, 1.165) is 73.4 Å². The number of imidazole rings is 1. The first-order valence-electron chi connectivity index (χ1n) is 23.2. The second-order valence-electron chi connectivity index (χ2n) is 20.1. The molecule has 7 heteroatoms. The van der Waals surface area contributed by atoms with Gasteiger partial charge in [0.15, 0.2) is 0 Å². The van der Waals surface area contributed by atoms with Crippen LogP contribution in [0.2, 0.25) is 17.3 Å². The van der Waals surface area contributed by atoms with Crippen LogP contribution in [-0.4, -0.2) is 32.8 Å². The standard InChI is InChI=1S/C40H36N3O.C18H24GeN.Ir/c1-40(2,3)28-21-24-35(32(25-28)26-13-6-4-7-14-26)43-36-20-11-10-19-34(36)41-38(43)31-18-12-17-29-30-22-23-33(27-15-8-5-9-16-27)42-39(30)44-37(29)31;1-14(2)11-16-12-18(15-9-7-6-8-10-15)20-13-17(16)19(3,4)5;/h4,6-7,10-14,17,19-25,27H,5,8-9,15-16H2,1-3H3;6-9,12-14H,11H2,1-5H3;/q2*-1;. The van der Waals surface area contributed by atoms with Crippen LogP contribution in [0.3, 0.4) is 0 Å². The summed E-state index contributed by atoms with van der Waals surface area (Å²) in [6, 6.07) is 51.5. The normalized spacial score (nSPS) is 13.6. The Hall–Kier alpha value is -5.14. The van der Waals surface area contributed by atoms with Crippen molar-refractivity contribution in [1.82, 2.24) is 19.5 Å². The van der Waals surface area contributed by atoms with E-state index in [9.17, 15) is 0 Å². The molecule has 1 radical (unpaired) electrons. The summed E-state index contributed by atoms with van der Waals surface area (Å²) < 4.78 is 10.5. The fourth-order valence-corrected chi connectivity index (χ4v) is 12.7. The summed E-state index contributed by atoms with van der Waals surface area (Å²) in [6.45, 7) is 11.4. The number of rotatable bonds is 8. The molecule has 0 N–H and O–H groups in total. The van der Waals surface area contributed by atoms with E-state index in [1.165, 1.54) is 48.8 Å². The predicted octanol–water partition coefficient (Wildman–Crippen LogP) is 15.1. The molecule has 0 saturated heterocycles. The van der Waals surface area contributed by atoms with E-state index >= 15 is 0 Å². The third-order valence-electron chi connectivity index (χ3n) is 12.7. The van der Waals surface area contributed by atoms with Gasteiger partial charge in [-0.05, 0) is 65.8 Å². The molecule has 65 heavy (non-hydrogen) atoms. The van der Waals surface area contributed by atoms with E-state index in [0.29, 0.717) is 17.5 Å². The quantitative estimate of drug-likeness (QED) is 0.112. The molecular formula is C58H60GeIrN4O-2. The Bertz CT molecular complexity index is 3060. The number of benzene rings is 5. The number of aromatic nitrogens is 4. The molecular weight excluding hydrogens is 1030 g/mol. The summed E-state index contributed by atoms with van der Waals surface area (Å²) in [6.07, 6.45) is 9.57. The summed E-state index contributed by atoms with van der Waals surface area (Å²) in [4.78, 5) is 15.0. The van der Waals surface area contributed by atoms with E-state index in [-0.39, 0.29) is 25.5 Å². The van der Waals surface area contributed by atoms with E-state index in [4.69, 9.17) is 19.4 Å². The van der Waals surface area contributed by atoms with Crippen molar-refractivity contribution in [2.45, 2.75) is 102 Å². The molecule has 5 aromatic carbocycles. The Morgan fingerprint density at radius 3 is 2.25 bits per heavy atom. The van der Waals surface area contributed by atoms with Gasteiger partial charge in [0.1, 0.15) is 0 Å². The van der Waals surface area contributed by atoms with Gasteiger partial charge in [0, 0.05) is 48.4 Å². The maximum absolute atomic E-state index is 6.64. The molecule has 0 atom stereocenters.